The topological polar surface area (TPSA) is 81.2 Å². The van der Waals surface area contributed by atoms with E-state index in [1.165, 1.54) is 0 Å². The van der Waals surface area contributed by atoms with Crippen molar-refractivity contribution < 1.29 is 14.3 Å². The van der Waals surface area contributed by atoms with E-state index in [2.05, 4.69) is 15.4 Å². The molecule has 0 radical (unpaired) electrons. The molecule has 0 bridgehead atoms. The molecular weight excluding hydrogens is 344 g/mol. The Kier molecular flexibility index (Phi) is 5.51. The second-order valence-electron chi connectivity index (χ2n) is 7.16. The number of H-pyrrole nitrogens is 1. The Hall–Kier alpha value is -2.80. The second-order valence-corrected chi connectivity index (χ2v) is 7.16. The summed E-state index contributed by atoms with van der Waals surface area (Å²) in [5.74, 6) is 0.680. The van der Waals surface area contributed by atoms with Gasteiger partial charge >= 0.3 is 0 Å². The van der Waals surface area contributed by atoms with Gasteiger partial charge in [0.25, 0.3) is 0 Å². The van der Waals surface area contributed by atoms with Gasteiger partial charge in [0.1, 0.15) is 5.75 Å². The van der Waals surface area contributed by atoms with E-state index in [4.69, 9.17) is 9.47 Å². The molecule has 1 amide bonds. The molecule has 2 aromatic heterocycles. The zero-order valence-corrected chi connectivity index (χ0v) is 16.2. The van der Waals surface area contributed by atoms with E-state index in [-0.39, 0.29) is 17.9 Å². The molecule has 0 atom stereocenters. The number of carbonyl (C=O) groups is 1. The minimum atomic E-state index is -0.203. The molecule has 7 heteroatoms. The number of methoxy groups -OCH3 is 2. The van der Waals surface area contributed by atoms with E-state index in [9.17, 15) is 4.79 Å². The van der Waals surface area contributed by atoms with Gasteiger partial charge in [-0.05, 0) is 44.0 Å². The molecule has 0 saturated heterocycles. The lowest BCUT2D eigenvalue weighted by Crippen LogP contribution is -2.24. The normalized spacial score (nSPS) is 11.7. The van der Waals surface area contributed by atoms with Gasteiger partial charge in [-0.25, -0.2) is 0 Å². The maximum atomic E-state index is 12.4. The van der Waals surface area contributed by atoms with Crippen LogP contribution in [-0.2, 0) is 22.5 Å². The molecule has 144 valence electrons. The molecule has 0 fully saturated rings. The van der Waals surface area contributed by atoms with Gasteiger partial charge in [-0.3, -0.25) is 9.48 Å². The minimum Gasteiger partial charge on any atom is -0.497 e. The first-order chi connectivity index (χ1) is 12.9. The number of carbonyl (C=O) groups excluding carboxylic acids is 1. The van der Waals surface area contributed by atoms with Crippen LogP contribution in [0.15, 0.2) is 36.8 Å². The van der Waals surface area contributed by atoms with E-state index in [1.54, 1.807) is 20.4 Å². The second kappa shape index (κ2) is 7.84. The van der Waals surface area contributed by atoms with Gasteiger partial charge in [-0.2, -0.15) is 5.10 Å². The number of amides is 1. The summed E-state index contributed by atoms with van der Waals surface area (Å²) >= 11 is 0. The monoisotopic (exact) mass is 370 g/mol. The summed E-state index contributed by atoms with van der Waals surface area (Å²) in [5, 5.41) is 8.19. The van der Waals surface area contributed by atoms with Crippen molar-refractivity contribution in [2.45, 2.75) is 38.8 Å². The summed E-state index contributed by atoms with van der Waals surface area (Å²) in [7, 11) is 3.33. The molecule has 2 N–H and O–H groups in total. The van der Waals surface area contributed by atoms with Gasteiger partial charge in [-0.15, -0.1) is 0 Å². The van der Waals surface area contributed by atoms with Crippen molar-refractivity contribution in [2.75, 3.05) is 19.5 Å². The van der Waals surface area contributed by atoms with Crippen molar-refractivity contribution in [1.82, 2.24) is 14.8 Å². The molecule has 0 spiro atoms. The maximum Gasteiger partial charge on any atom is 0.228 e. The average molecular weight is 370 g/mol. The van der Waals surface area contributed by atoms with E-state index in [1.807, 2.05) is 49.1 Å². The first-order valence-corrected chi connectivity index (χ1v) is 8.91. The SMILES string of the molecule is COc1ccc2[nH]cc(CC(=O)Nc3cnn(CCC(C)(C)OC)c3)c2c1. The number of hydrogen-bond donors (Lipinski definition) is 2. The Morgan fingerprint density at radius 1 is 1.33 bits per heavy atom. The molecule has 1 aromatic carbocycles. The number of nitrogens with zero attached hydrogens (tertiary/aromatic N) is 2. The number of benzene rings is 1. The van der Waals surface area contributed by atoms with Crippen LogP contribution in [0.2, 0.25) is 0 Å². The maximum absolute atomic E-state index is 12.4. The zero-order valence-electron chi connectivity index (χ0n) is 16.2. The lowest BCUT2D eigenvalue weighted by Gasteiger charge is -2.22. The molecule has 3 aromatic rings. The van der Waals surface area contributed by atoms with Crippen molar-refractivity contribution >= 4 is 22.5 Å². The summed E-state index contributed by atoms with van der Waals surface area (Å²) in [6.45, 7) is 4.80. The third-order valence-corrected chi connectivity index (χ3v) is 4.74. The molecule has 0 saturated carbocycles. The number of anilines is 1. The van der Waals surface area contributed by atoms with Crippen molar-refractivity contribution in [3.8, 4) is 5.75 Å². The molecule has 3 rings (SSSR count). The Labute approximate surface area is 158 Å². The van der Waals surface area contributed by atoms with Crippen LogP contribution in [0.4, 0.5) is 5.69 Å². The van der Waals surface area contributed by atoms with Gasteiger partial charge < -0.3 is 19.8 Å². The van der Waals surface area contributed by atoms with Crippen LogP contribution < -0.4 is 10.1 Å². The lowest BCUT2D eigenvalue weighted by atomic mass is 10.1. The van der Waals surface area contributed by atoms with Crippen LogP contribution in [-0.4, -0.2) is 40.5 Å². The van der Waals surface area contributed by atoms with Crippen LogP contribution in [0.3, 0.4) is 0 Å². The van der Waals surface area contributed by atoms with E-state index in [0.717, 1.165) is 35.2 Å². The molecule has 0 unspecified atom stereocenters. The standard InChI is InChI=1S/C20H26N4O3/c1-20(2,27-4)7-8-24-13-15(12-22-24)23-19(25)9-14-11-21-18-6-5-16(26-3)10-17(14)18/h5-6,10-13,21H,7-9H2,1-4H3,(H,23,25). The Morgan fingerprint density at radius 2 is 2.15 bits per heavy atom. The summed E-state index contributed by atoms with van der Waals surface area (Å²) < 4.78 is 12.5. The molecule has 0 aliphatic rings. The highest BCUT2D eigenvalue weighted by Gasteiger charge is 2.16. The fraction of sp³-hybridized carbons (Fsp3) is 0.400. The third kappa shape index (κ3) is 4.68. The van der Waals surface area contributed by atoms with Crippen LogP contribution >= 0.6 is 0 Å². The van der Waals surface area contributed by atoms with Gasteiger partial charge in [0.2, 0.25) is 5.91 Å². The largest absolute Gasteiger partial charge is 0.497 e. The highest BCUT2D eigenvalue weighted by molar-refractivity contribution is 5.95. The predicted molar refractivity (Wildman–Crippen MR) is 105 cm³/mol. The van der Waals surface area contributed by atoms with Crippen LogP contribution in [0.1, 0.15) is 25.8 Å². The number of aromatic amines is 1. The number of aryl methyl sites for hydroxylation is 1. The molecule has 2 heterocycles. The molecule has 7 nitrogen and oxygen atoms in total. The number of nitrogens with one attached hydrogen (secondary N) is 2. The van der Waals surface area contributed by atoms with Crippen molar-refractivity contribution in [3.05, 3.63) is 42.4 Å². The van der Waals surface area contributed by atoms with E-state index >= 15 is 0 Å². The van der Waals surface area contributed by atoms with Gasteiger partial charge in [0, 0.05) is 37.0 Å². The number of ether oxygens (including phenoxy) is 2. The van der Waals surface area contributed by atoms with Crippen molar-refractivity contribution in [3.63, 3.8) is 0 Å². The lowest BCUT2D eigenvalue weighted by molar-refractivity contribution is -0.115. The van der Waals surface area contributed by atoms with Gasteiger partial charge in [0.15, 0.2) is 0 Å². The summed E-state index contributed by atoms with van der Waals surface area (Å²) in [4.78, 5) is 15.6. The third-order valence-electron chi connectivity index (χ3n) is 4.74. The van der Waals surface area contributed by atoms with Crippen LogP contribution in [0.25, 0.3) is 10.9 Å². The fourth-order valence-electron chi connectivity index (χ4n) is 2.85. The number of hydrogen-bond acceptors (Lipinski definition) is 4. The highest BCUT2D eigenvalue weighted by atomic mass is 16.5. The summed E-state index contributed by atoms with van der Waals surface area (Å²) in [6, 6.07) is 5.77. The number of fused-ring (bicyclic) bond motifs is 1. The van der Waals surface area contributed by atoms with Crippen LogP contribution in [0, 0.1) is 0 Å². The fourth-order valence-corrected chi connectivity index (χ4v) is 2.85. The van der Waals surface area contributed by atoms with Crippen molar-refractivity contribution in [2.24, 2.45) is 0 Å². The summed E-state index contributed by atoms with van der Waals surface area (Å²) in [5.41, 5.74) is 2.39. The van der Waals surface area contributed by atoms with Gasteiger partial charge in [-0.1, -0.05) is 0 Å². The van der Waals surface area contributed by atoms with E-state index < -0.39 is 0 Å². The Bertz CT molecular complexity index is 926. The Balaban J connectivity index is 1.62. The minimum absolute atomic E-state index is 0.0875. The molecule has 0 aliphatic carbocycles. The van der Waals surface area contributed by atoms with Crippen LogP contribution in [0.5, 0.6) is 5.75 Å². The summed E-state index contributed by atoms with van der Waals surface area (Å²) in [6.07, 6.45) is 6.46. The number of rotatable bonds is 8. The van der Waals surface area contributed by atoms with E-state index in [0.29, 0.717) is 5.69 Å². The molecular formula is C20H26N4O3. The average Bonchev–Trinajstić information content (AvgIpc) is 3.26. The van der Waals surface area contributed by atoms with Crippen molar-refractivity contribution in [1.29, 1.82) is 0 Å². The molecule has 0 aliphatic heterocycles. The first-order valence-electron chi connectivity index (χ1n) is 8.91. The quantitative estimate of drug-likeness (QED) is 0.637. The predicted octanol–water partition coefficient (Wildman–Crippen LogP) is 3.37. The zero-order chi connectivity index (χ0) is 19.4. The smallest absolute Gasteiger partial charge is 0.228 e. The Morgan fingerprint density at radius 3 is 2.89 bits per heavy atom. The highest BCUT2D eigenvalue weighted by Crippen LogP contribution is 2.24. The number of aromatic nitrogens is 3. The molecule has 27 heavy (non-hydrogen) atoms. The van der Waals surface area contributed by atoms with Gasteiger partial charge in [0.05, 0.1) is 31.0 Å². The first kappa shape index (κ1) is 19.0.